The summed E-state index contributed by atoms with van der Waals surface area (Å²) >= 11 is 0. The van der Waals surface area contributed by atoms with E-state index in [0.717, 1.165) is 5.56 Å². The largest absolute Gasteiger partial charge is 0.522 e. The van der Waals surface area contributed by atoms with E-state index in [1.807, 2.05) is 6.07 Å². The van der Waals surface area contributed by atoms with Crippen molar-refractivity contribution >= 4 is 0 Å². The number of aryl methyl sites for hydroxylation is 1. The maximum atomic E-state index is 11.7. The lowest BCUT2D eigenvalue weighted by Crippen LogP contribution is -2.18. The molecule has 0 saturated heterocycles. The van der Waals surface area contributed by atoms with Gasteiger partial charge >= 0.3 is 6.36 Å². The van der Waals surface area contributed by atoms with Crippen molar-refractivity contribution < 1.29 is 22.6 Å². The molecule has 0 atom stereocenters. The summed E-state index contributed by atoms with van der Waals surface area (Å²) in [6.07, 6.45) is -4.65. The molecule has 0 aliphatic heterocycles. The third kappa shape index (κ3) is 4.74. The second-order valence-corrected chi connectivity index (χ2v) is 3.23. The Labute approximate surface area is 96.4 Å². The molecule has 0 N–H and O–H groups in total. The molecule has 0 unspecified atom stereocenters. The fraction of sp³-hybridized carbons (Fsp3) is 0.364. The Morgan fingerprint density at radius 1 is 1.29 bits per heavy atom. The maximum absolute atomic E-state index is 11.7. The van der Waals surface area contributed by atoms with Crippen molar-refractivity contribution in [2.45, 2.75) is 13.3 Å². The van der Waals surface area contributed by atoms with Crippen molar-refractivity contribution in [2.24, 2.45) is 0 Å². The Balaban J connectivity index is 2.49. The summed E-state index contributed by atoms with van der Waals surface area (Å²) in [7, 11) is 0. The van der Waals surface area contributed by atoms with E-state index in [0.29, 0.717) is 11.3 Å². The number of hydrogen-bond acceptors (Lipinski definition) is 3. The van der Waals surface area contributed by atoms with Crippen molar-refractivity contribution in [1.29, 1.82) is 5.26 Å². The Hall–Kier alpha value is -1.74. The molecule has 6 heteroatoms. The van der Waals surface area contributed by atoms with Crippen LogP contribution in [0.1, 0.15) is 11.1 Å². The first-order valence-electron chi connectivity index (χ1n) is 4.76. The van der Waals surface area contributed by atoms with E-state index in [9.17, 15) is 13.2 Å². The predicted octanol–water partition coefficient (Wildman–Crippen LogP) is 2.78. The van der Waals surface area contributed by atoms with Crippen molar-refractivity contribution in [1.82, 2.24) is 0 Å². The van der Waals surface area contributed by atoms with Gasteiger partial charge in [-0.1, -0.05) is 6.07 Å². The standard InChI is InChI=1S/C11H10F3NO2/c1-8-2-3-9(7-15)6-10(8)16-4-5-17-11(12,13)14/h2-3,6H,4-5H2,1H3. The SMILES string of the molecule is Cc1ccc(C#N)cc1OCCOC(F)(F)F. The Kier molecular flexibility index (Phi) is 4.35. The molecule has 92 valence electrons. The first kappa shape index (κ1) is 13.3. The highest BCUT2D eigenvalue weighted by atomic mass is 19.4. The topological polar surface area (TPSA) is 42.2 Å². The zero-order valence-corrected chi connectivity index (χ0v) is 9.04. The monoisotopic (exact) mass is 245 g/mol. The lowest BCUT2D eigenvalue weighted by Gasteiger charge is -2.10. The fourth-order valence-corrected chi connectivity index (χ4v) is 1.13. The van der Waals surface area contributed by atoms with Gasteiger partial charge in [-0.3, -0.25) is 4.74 Å². The Morgan fingerprint density at radius 2 is 2.00 bits per heavy atom. The minimum absolute atomic E-state index is 0.227. The maximum Gasteiger partial charge on any atom is 0.522 e. The van der Waals surface area contributed by atoms with E-state index in [4.69, 9.17) is 10.00 Å². The first-order valence-corrected chi connectivity index (χ1v) is 4.76. The van der Waals surface area contributed by atoms with Crippen LogP contribution in [0.3, 0.4) is 0 Å². The molecule has 0 amide bonds. The van der Waals surface area contributed by atoms with Crippen LogP contribution >= 0.6 is 0 Å². The summed E-state index contributed by atoms with van der Waals surface area (Å²) in [4.78, 5) is 0. The van der Waals surface area contributed by atoms with Gasteiger partial charge < -0.3 is 4.74 Å². The van der Waals surface area contributed by atoms with Gasteiger partial charge in [0.25, 0.3) is 0 Å². The van der Waals surface area contributed by atoms with Gasteiger partial charge in [-0.25, -0.2) is 0 Å². The number of rotatable bonds is 4. The van der Waals surface area contributed by atoms with Crippen LogP contribution in [0.5, 0.6) is 5.75 Å². The molecule has 3 nitrogen and oxygen atoms in total. The summed E-state index contributed by atoms with van der Waals surface area (Å²) in [5.41, 5.74) is 1.14. The van der Waals surface area contributed by atoms with Crippen LogP contribution in [0.15, 0.2) is 18.2 Å². The van der Waals surface area contributed by atoms with Gasteiger partial charge in [0.15, 0.2) is 0 Å². The molecule has 0 fully saturated rings. The van der Waals surface area contributed by atoms with Crippen LogP contribution in [0, 0.1) is 18.3 Å². The zero-order valence-electron chi connectivity index (χ0n) is 9.04. The van der Waals surface area contributed by atoms with E-state index >= 15 is 0 Å². The number of alkyl halides is 3. The molecule has 1 aromatic rings. The van der Waals surface area contributed by atoms with E-state index in [1.165, 1.54) is 6.07 Å². The number of halogens is 3. The van der Waals surface area contributed by atoms with E-state index in [1.54, 1.807) is 19.1 Å². The molecule has 0 heterocycles. The summed E-state index contributed by atoms with van der Waals surface area (Å²) in [6, 6.07) is 6.66. The van der Waals surface area contributed by atoms with Crippen LogP contribution in [0.2, 0.25) is 0 Å². The van der Waals surface area contributed by atoms with Crippen LogP contribution in [0.25, 0.3) is 0 Å². The van der Waals surface area contributed by atoms with Gasteiger partial charge in [0.2, 0.25) is 0 Å². The average molecular weight is 245 g/mol. The lowest BCUT2D eigenvalue weighted by molar-refractivity contribution is -0.325. The van der Waals surface area contributed by atoms with Crippen LogP contribution < -0.4 is 4.74 Å². The number of nitrogens with zero attached hydrogens (tertiary/aromatic N) is 1. The molecule has 0 spiro atoms. The molecule has 0 aliphatic rings. The molecule has 0 aromatic heterocycles. The van der Waals surface area contributed by atoms with Crippen molar-refractivity contribution in [3.63, 3.8) is 0 Å². The van der Waals surface area contributed by atoms with E-state index < -0.39 is 13.0 Å². The summed E-state index contributed by atoms with van der Waals surface area (Å²) in [5, 5.41) is 8.65. The summed E-state index contributed by atoms with van der Waals surface area (Å²) in [5.74, 6) is 0.384. The number of nitriles is 1. The second kappa shape index (κ2) is 5.55. The van der Waals surface area contributed by atoms with E-state index in [2.05, 4.69) is 4.74 Å². The highest BCUT2D eigenvalue weighted by molar-refractivity contribution is 5.41. The number of hydrogen-bond donors (Lipinski definition) is 0. The quantitative estimate of drug-likeness (QED) is 0.766. The molecule has 17 heavy (non-hydrogen) atoms. The van der Waals surface area contributed by atoms with Crippen LogP contribution in [-0.4, -0.2) is 19.6 Å². The van der Waals surface area contributed by atoms with Crippen LogP contribution in [-0.2, 0) is 4.74 Å². The summed E-state index contributed by atoms with van der Waals surface area (Å²) < 4.78 is 43.6. The smallest absolute Gasteiger partial charge is 0.491 e. The minimum atomic E-state index is -4.65. The molecular weight excluding hydrogens is 235 g/mol. The molecule has 0 saturated carbocycles. The minimum Gasteiger partial charge on any atom is -0.491 e. The molecule has 0 aliphatic carbocycles. The normalized spacial score (nSPS) is 11.0. The Morgan fingerprint density at radius 3 is 2.59 bits per heavy atom. The van der Waals surface area contributed by atoms with Gasteiger partial charge in [-0.05, 0) is 24.6 Å². The zero-order chi connectivity index (χ0) is 12.9. The fourth-order valence-electron chi connectivity index (χ4n) is 1.13. The highest BCUT2D eigenvalue weighted by Crippen LogP contribution is 2.20. The molecule has 0 bridgehead atoms. The van der Waals surface area contributed by atoms with Gasteiger partial charge in [0, 0.05) is 0 Å². The first-order chi connectivity index (χ1) is 7.92. The van der Waals surface area contributed by atoms with Gasteiger partial charge in [0.1, 0.15) is 12.4 Å². The van der Waals surface area contributed by atoms with Crippen LogP contribution in [0.4, 0.5) is 13.2 Å². The highest BCUT2D eigenvalue weighted by Gasteiger charge is 2.28. The van der Waals surface area contributed by atoms with Gasteiger partial charge in [-0.15, -0.1) is 13.2 Å². The number of benzene rings is 1. The second-order valence-electron chi connectivity index (χ2n) is 3.23. The third-order valence-electron chi connectivity index (χ3n) is 1.92. The average Bonchev–Trinajstić information content (AvgIpc) is 2.25. The van der Waals surface area contributed by atoms with Gasteiger partial charge in [0.05, 0.1) is 18.2 Å². The van der Waals surface area contributed by atoms with Crippen molar-refractivity contribution in [2.75, 3.05) is 13.2 Å². The van der Waals surface area contributed by atoms with Gasteiger partial charge in [-0.2, -0.15) is 5.26 Å². The Bertz CT molecular complexity index is 424. The summed E-state index contributed by atoms with van der Waals surface area (Å²) in [6.45, 7) is 0.927. The third-order valence-corrected chi connectivity index (χ3v) is 1.92. The van der Waals surface area contributed by atoms with E-state index in [-0.39, 0.29) is 6.61 Å². The molecule has 1 aromatic carbocycles. The van der Waals surface area contributed by atoms with Crippen molar-refractivity contribution in [3.05, 3.63) is 29.3 Å². The lowest BCUT2D eigenvalue weighted by atomic mass is 10.1. The molecular formula is C11H10F3NO2. The molecule has 1 rings (SSSR count). The molecule has 0 radical (unpaired) electrons. The number of ether oxygens (including phenoxy) is 2. The van der Waals surface area contributed by atoms with Crippen molar-refractivity contribution in [3.8, 4) is 11.8 Å². The predicted molar refractivity (Wildman–Crippen MR) is 53.4 cm³/mol.